The van der Waals surface area contributed by atoms with E-state index in [1.165, 1.54) is 18.0 Å². The summed E-state index contributed by atoms with van der Waals surface area (Å²) in [6, 6.07) is 16.4. The van der Waals surface area contributed by atoms with Gasteiger partial charge in [-0.15, -0.1) is 0 Å². The van der Waals surface area contributed by atoms with Crippen molar-refractivity contribution in [3.05, 3.63) is 66.0 Å². The van der Waals surface area contributed by atoms with E-state index in [4.69, 9.17) is 4.74 Å². The minimum Gasteiger partial charge on any atom is -0.496 e. The zero-order valence-corrected chi connectivity index (χ0v) is 18.2. The molecule has 1 fully saturated rings. The van der Waals surface area contributed by atoms with Crippen LogP contribution >= 0.6 is 0 Å². The van der Waals surface area contributed by atoms with Gasteiger partial charge in [-0.2, -0.15) is 5.10 Å². The number of piperidine rings is 1. The Balaban J connectivity index is 1.70. The van der Waals surface area contributed by atoms with Gasteiger partial charge < -0.3 is 4.74 Å². The summed E-state index contributed by atoms with van der Waals surface area (Å²) in [5, 5.41) is 7.02. The molecular formula is C23H27N3O3S. The molecule has 6 nitrogen and oxygen atoms in total. The van der Waals surface area contributed by atoms with Gasteiger partial charge in [0.2, 0.25) is 0 Å². The molecule has 1 N–H and O–H groups in total. The van der Waals surface area contributed by atoms with E-state index in [1.54, 1.807) is 7.11 Å². The number of nitrogens with zero attached hydrogens (tertiary/aromatic N) is 2. The van der Waals surface area contributed by atoms with Crippen molar-refractivity contribution in [2.45, 2.75) is 36.7 Å². The molecule has 0 radical (unpaired) electrons. The number of ether oxygens (including phenoxy) is 1. The standard InChI is InChI=1S/C23H27N3O3S/c1-29-21-13-6-5-11-19(21)18-10-4-3-9-17(18)16-26-14-8-7-12-20(26)23-22(15-24-25-23)30(2,27)28/h3-6,9-11,13,15,20H,7-8,12,14,16H2,1-2H3,(H,24,25). The van der Waals surface area contributed by atoms with Gasteiger partial charge >= 0.3 is 0 Å². The maximum absolute atomic E-state index is 12.2. The van der Waals surface area contributed by atoms with Crippen LogP contribution in [0.25, 0.3) is 11.1 Å². The number of rotatable bonds is 6. The van der Waals surface area contributed by atoms with Crippen molar-refractivity contribution in [1.29, 1.82) is 0 Å². The van der Waals surface area contributed by atoms with Gasteiger partial charge in [-0.25, -0.2) is 8.42 Å². The maximum Gasteiger partial charge on any atom is 0.178 e. The average Bonchev–Trinajstić information content (AvgIpc) is 3.25. The number of methoxy groups -OCH3 is 1. The normalized spacial score (nSPS) is 17.7. The van der Waals surface area contributed by atoms with E-state index in [0.717, 1.165) is 49.2 Å². The zero-order chi connectivity index (χ0) is 21.1. The van der Waals surface area contributed by atoms with Gasteiger partial charge in [0, 0.05) is 18.4 Å². The molecule has 1 atom stereocenters. The van der Waals surface area contributed by atoms with E-state index >= 15 is 0 Å². The Morgan fingerprint density at radius 3 is 2.60 bits per heavy atom. The number of nitrogens with one attached hydrogen (secondary N) is 1. The van der Waals surface area contributed by atoms with Crippen LogP contribution in [0, 0.1) is 0 Å². The first-order chi connectivity index (χ1) is 14.5. The van der Waals surface area contributed by atoms with E-state index < -0.39 is 9.84 Å². The molecule has 0 aliphatic carbocycles. The van der Waals surface area contributed by atoms with E-state index in [2.05, 4.69) is 33.3 Å². The maximum atomic E-state index is 12.2. The summed E-state index contributed by atoms with van der Waals surface area (Å²) in [7, 11) is -1.65. The van der Waals surface area contributed by atoms with E-state index in [-0.39, 0.29) is 6.04 Å². The van der Waals surface area contributed by atoms with Crippen LogP contribution in [-0.4, -0.2) is 43.4 Å². The molecule has 4 rings (SSSR count). The minimum absolute atomic E-state index is 0.00306. The lowest BCUT2D eigenvalue weighted by Crippen LogP contribution is -2.34. The number of likely N-dealkylation sites (tertiary alicyclic amines) is 1. The molecule has 1 aliphatic rings. The number of aromatic amines is 1. The van der Waals surface area contributed by atoms with Gasteiger partial charge in [-0.3, -0.25) is 10.00 Å². The molecular weight excluding hydrogens is 398 g/mol. The van der Waals surface area contributed by atoms with Gasteiger partial charge in [0.05, 0.1) is 25.0 Å². The van der Waals surface area contributed by atoms with Gasteiger partial charge in [0.25, 0.3) is 0 Å². The van der Waals surface area contributed by atoms with Crippen LogP contribution in [0.4, 0.5) is 0 Å². The molecule has 1 aromatic heterocycles. The smallest absolute Gasteiger partial charge is 0.178 e. The first-order valence-corrected chi connectivity index (χ1v) is 12.1. The van der Waals surface area contributed by atoms with Gasteiger partial charge in [-0.1, -0.05) is 48.9 Å². The second kappa shape index (κ2) is 8.62. The van der Waals surface area contributed by atoms with Crippen LogP contribution in [0.3, 0.4) is 0 Å². The molecule has 0 bridgehead atoms. The lowest BCUT2D eigenvalue weighted by Gasteiger charge is -2.36. The zero-order valence-electron chi connectivity index (χ0n) is 17.3. The highest BCUT2D eigenvalue weighted by Crippen LogP contribution is 2.37. The quantitative estimate of drug-likeness (QED) is 0.640. The van der Waals surface area contributed by atoms with Crippen molar-refractivity contribution < 1.29 is 13.2 Å². The molecule has 0 spiro atoms. The lowest BCUT2D eigenvalue weighted by atomic mass is 9.95. The van der Waals surface area contributed by atoms with Crippen molar-refractivity contribution in [3.8, 4) is 16.9 Å². The monoisotopic (exact) mass is 425 g/mol. The second-order valence-electron chi connectivity index (χ2n) is 7.76. The summed E-state index contributed by atoms with van der Waals surface area (Å²) < 4.78 is 30.1. The fourth-order valence-electron chi connectivity index (χ4n) is 4.33. The number of aromatic nitrogens is 2. The number of para-hydroxylation sites is 1. The van der Waals surface area contributed by atoms with Crippen LogP contribution in [0.15, 0.2) is 59.6 Å². The number of hydrogen-bond donors (Lipinski definition) is 1. The van der Waals surface area contributed by atoms with Gasteiger partial charge in [0.15, 0.2) is 9.84 Å². The third-order valence-corrected chi connectivity index (χ3v) is 6.89. The Morgan fingerprint density at radius 1 is 1.10 bits per heavy atom. The average molecular weight is 426 g/mol. The fourth-order valence-corrected chi connectivity index (χ4v) is 5.16. The highest BCUT2D eigenvalue weighted by Gasteiger charge is 2.30. The predicted octanol–water partition coefficient (Wildman–Crippen LogP) is 4.22. The number of sulfone groups is 1. The lowest BCUT2D eigenvalue weighted by molar-refractivity contribution is 0.135. The summed E-state index contributed by atoms with van der Waals surface area (Å²) in [6.45, 7) is 1.63. The molecule has 2 heterocycles. The van der Waals surface area contributed by atoms with E-state index in [1.807, 2.05) is 30.3 Å². The first kappa shape index (κ1) is 20.6. The number of H-pyrrole nitrogens is 1. The Morgan fingerprint density at radius 2 is 1.83 bits per heavy atom. The molecule has 30 heavy (non-hydrogen) atoms. The first-order valence-electron chi connectivity index (χ1n) is 10.2. The largest absolute Gasteiger partial charge is 0.496 e. The molecule has 0 saturated carbocycles. The Kier molecular flexibility index (Phi) is 5.92. The van der Waals surface area contributed by atoms with Crippen LogP contribution in [-0.2, 0) is 16.4 Å². The number of benzene rings is 2. The molecule has 7 heteroatoms. The Bertz CT molecular complexity index is 1120. The minimum atomic E-state index is -3.33. The van der Waals surface area contributed by atoms with Crippen molar-refractivity contribution in [1.82, 2.24) is 15.1 Å². The summed E-state index contributed by atoms with van der Waals surface area (Å²) in [5.41, 5.74) is 4.08. The van der Waals surface area contributed by atoms with Crippen LogP contribution in [0.5, 0.6) is 5.75 Å². The molecule has 1 unspecified atom stereocenters. The predicted molar refractivity (Wildman–Crippen MR) is 117 cm³/mol. The number of hydrogen-bond acceptors (Lipinski definition) is 5. The summed E-state index contributed by atoms with van der Waals surface area (Å²) >= 11 is 0. The van der Waals surface area contributed by atoms with Crippen molar-refractivity contribution in [3.63, 3.8) is 0 Å². The third-order valence-electron chi connectivity index (χ3n) is 5.77. The van der Waals surface area contributed by atoms with Crippen LogP contribution in [0.1, 0.15) is 36.6 Å². The molecule has 0 amide bonds. The highest BCUT2D eigenvalue weighted by molar-refractivity contribution is 7.90. The SMILES string of the molecule is COc1ccccc1-c1ccccc1CN1CCCCC1c1[nH]ncc1S(C)(=O)=O. The Hall–Kier alpha value is -2.64. The van der Waals surface area contributed by atoms with Crippen molar-refractivity contribution >= 4 is 9.84 Å². The summed E-state index contributed by atoms with van der Waals surface area (Å²) in [6.07, 6.45) is 5.74. The molecule has 1 saturated heterocycles. The van der Waals surface area contributed by atoms with E-state index in [0.29, 0.717) is 10.6 Å². The molecule has 2 aromatic carbocycles. The molecule has 1 aliphatic heterocycles. The topological polar surface area (TPSA) is 75.3 Å². The van der Waals surface area contributed by atoms with Gasteiger partial charge in [-0.05, 0) is 36.6 Å². The van der Waals surface area contributed by atoms with Crippen LogP contribution in [0.2, 0.25) is 0 Å². The van der Waals surface area contributed by atoms with Crippen LogP contribution < -0.4 is 4.74 Å². The third kappa shape index (κ3) is 4.13. The van der Waals surface area contributed by atoms with Crippen molar-refractivity contribution in [2.24, 2.45) is 0 Å². The summed E-state index contributed by atoms with van der Waals surface area (Å²) in [5.74, 6) is 0.841. The van der Waals surface area contributed by atoms with E-state index in [9.17, 15) is 8.42 Å². The highest BCUT2D eigenvalue weighted by atomic mass is 32.2. The fraction of sp³-hybridized carbons (Fsp3) is 0.348. The van der Waals surface area contributed by atoms with Gasteiger partial charge in [0.1, 0.15) is 10.6 Å². The van der Waals surface area contributed by atoms with Crippen molar-refractivity contribution in [2.75, 3.05) is 19.9 Å². The molecule has 3 aromatic rings. The molecule has 158 valence electrons. The second-order valence-corrected chi connectivity index (χ2v) is 9.74. The summed E-state index contributed by atoms with van der Waals surface area (Å²) in [4.78, 5) is 2.66. The Labute approximate surface area is 177 Å².